The van der Waals surface area contributed by atoms with Crippen LogP contribution in [0.1, 0.15) is 19.3 Å². The van der Waals surface area contributed by atoms with Crippen molar-refractivity contribution in [2.45, 2.75) is 30.7 Å². The fourth-order valence-corrected chi connectivity index (χ4v) is 6.06. The molecule has 5 N–H and O–H groups in total. The number of nitrogens with zero attached hydrogens (tertiary/aromatic N) is 2. The molecule has 5 rings (SSSR count). The topological polar surface area (TPSA) is 127 Å². The van der Waals surface area contributed by atoms with Crippen molar-refractivity contribution in [3.05, 3.63) is 11.3 Å². The number of carboxylic acid groups (broad SMARTS) is 1. The minimum absolute atomic E-state index is 0.125. The Bertz CT molecular complexity index is 682. The minimum atomic E-state index is -1.06. The van der Waals surface area contributed by atoms with E-state index >= 15 is 0 Å². The number of rotatable bonds is 4. The second-order valence-electron chi connectivity index (χ2n) is 7.76. The molecule has 0 spiro atoms. The number of carboxylic acids is 1. The van der Waals surface area contributed by atoms with Crippen LogP contribution in [0.3, 0.4) is 0 Å². The van der Waals surface area contributed by atoms with Crippen LogP contribution >= 0.6 is 11.8 Å². The highest BCUT2D eigenvalue weighted by molar-refractivity contribution is 8.00. The second kappa shape index (κ2) is 5.46. The molecule has 0 saturated carbocycles. The van der Waals surface area contributed by atoms with E-state index < -0.39 is 12.0 Å². The van der Waals surface area contributed by atoms with E-state index in [1.165, 1.54) is 4.90 Å². The molecule has 8 nitrogen and oxygen atoms in total. The van der Waals surface area contributed by atoms with Gasteiger partial charge in [0.2, 0.25) is 11.8 Å². The van der Waals surface area contributed by atoms with E-state index in [2.05, 4.69) is 0 Å². The normalized spacial score (nSPS) is 39.9. The summed E-state index contributed by atoms with van der Waals surface area (Å²) >= 11 is 1.54. The molecule has 2 amide bonds. The predicted molar refractivity (Wildman–Crippen MR) is 90.9 cm³/mol. The third-order valence-electron chi connectivity index (χ3n) is 6.53. The first-order chi connectivity index (χ1) is 11.8. The fraction of sp³-hybridized carbons (Fsp3) is 0.688. The summed E-state index contributed by atoms with van der Waals surface area (Å²) in [6.07, 6.45) is 2.30. The Morgan fingerprint density at radius 3 is 2.40 bits per heavy atom. The van der Waals surface area contributed by atoms with Gasteiger partial charge in [-0.1, -0.05) is 0 Å². The highest BCUT2D eigenvalue weighted by Crippen LogP contribution is 2.46. The molecule has 5 heterocycles. The summed E-state index contributed by atoms with van der Waals surface area (Å²) in [6, 6.07) is -0.603. The van der Waals surface area contributed by atoms with Crippen molar-refractivity contribution in [3.63, 3.8) is 0 Å². The summed E-state index contributed by atoms with van der Waals surface area (Å²) in [7, 11) is 0. The Hall–Kier alpha value is -1.58. The van der Waals surface area contributed by atoms with Crippen molar-refractivity contribution in [3.8, 4) is 0 Å². The second-order valence-corrected chi connectivity index (χ2v) is 8.86. The van der Waals surface area contributed by atoms with Crippen LogP contribution in [0.15, 0.2) is 11.3 Å². The van der Waals surface area contributed by atoms with E-state index in [-0.39, 0.29) is 28.3 Å². The smallest absolute Gasteiger partial charge is 0.352 e. The maximum Gasteiger partial charge on any atom is 0.352 e. The number of hydrogen-bond donors (Lipinski definition) is 3. The average molecular weight is 367 g/mol. The molecule has 0 aromatic heterocycles. The summed E-state index contributed by atoms with van der Waals surface area (Å²) < 4.78 is 0.792. The number of carbonyl (C=O) groups excluding carboxylic acids is 2. The van der Waals surface area contributed by atoms with E-state index in [0.717, 1.165) is 49.0 Å². The van der Waals surface area contributed by atoms with Gasteiger partial charge in [0.1, 0.15) is 23.7 Å². The number of fused-ring (bicyclic) bond motifs is 4. The standard InChI is InChI=1S/C16H22N4O4S/c17-10-12(21)19-11(14(22)23)9(8-25-13(10)19)7-20-4-1-16(2-5-20,3-6-20)15(18)24/h10,13H,1-8,17H2,(H2-,18,22,23,24)/p+1/t10-,13-,16?,20?/m1/s1. The van der Waals surface area contributed by atoms with Gasteiger partial charge in [-0.2, -0.15) is 0 Å². The summed E-state index contributed by atoms with van der Waals surface area (Å²) in [5, 5.41) is 9.42. The van der Waals surface area contributed by atoms with Crippen molar-refractivity contribution in [2.75, 3.05) is 31.9 Å². The zero-order valence-electron chi connectivity index (χ0n) is 13.9. The highest BCUT2D eigenvalue weighted by Gasteiger charge is 2.55. The van der Waals surface area contributed by atoms with Crippen LogP contribution in [0, 0.1) is 5.41 Å². The Labute approximate surface area is 149 Å². The average Bonchev–Trinajstić information content (AvgIpc) is 2.61. The van der Waals surface area contributed by atoms with Gasteiger partial charge in [0.15, 0.2) is 0 Å². The van der Waals surface area contributed by atoms with Gasteiger partial charge in [-0.25, -0.2) is 4.79 Å². The summed E-state index contributed by atoms with van der Waals surface area (Å²) in [6.45, 7) is 3.12. The number of thioether (sulfide) groups is 1. The van der Waals surface area contributed by atoms with Gasteiger partial charge in [0, 0.05) is 30.6 Å². The van der Waals surface area contributed by atoms with Gasteiger partial charge in [-0.15, -0.1) is 11.8 Å². The zero-order valence-corrected chi connectivity index (χ0v) is 14.8. The van der Waals surface area contributed by atoms with Crippen LogP contribution < -0.4 is 11.5 Å². The van der Waals surface area contributed by atoms with Gasteiger partial charge in [0.25, 0.3) is 0 Å². The predicted octanol–water partition coefficient (Wildman–Crippen LogP) is -0.946. The zero-order chi connectivity index (χ0) is 18.0. The number of hydrogen-bond acceptors (Lipinski definition) is 5. The third kappa shape index (κ3) is 2.32. The Balaban J connectivity index is 1.59. The molecule has 4 saturated heterocycles. The quantitative estimate of drug-likeness (QED) is 0.434. The molecule has 136 valence electrons. The van der Waals surface area contributed by atoms with Crippen LogP contribution in [-0.4, -0.2) is 75.6 Å². The number of quaternary nitrogens is 1. The Kier molecular flexibility index (Phi) is 3.68. The van der Waals surface area contributed by atoms with E-state index in [1.54, 1.807) is 11.8 Å². The van der Waals surface area contributed by atoms with Gasteiger partial charge < -0.3 is 21.1 Å². The van der Waals surface area contributed by atoms with Gasteiger partial charge in [-0.05, 0) is 0 Å². The first-order valence-electron chi connectivity index (χ1n) is 8.59. The SMILES string of the molecule is NC(=O)C12CC[N+](CC3=C(C(=O)O)N4C(=O)[C@@H](N)[C@H]4SC3)(CC1)CC2. The maximum atomic E-state index is 12.1. The van der Waals surface area contributed by atoms with Crippen molar-refractivity contribution in [1.82, 2.24) is 4.90 Å². The van der Waals surface area contributed by atoms with Crippen LogP contribution in [0.4, 0.5) is 0 Å². The van der Waals surface area contributed by atoms with Crippen LogP contribution in [0.2, 0.25) is 0 Å². The molecule has 2 bridgehead atoms. The molecule has 0 aromatic carbocycles. The summed E-state index contributed by atoms with van der Waals surface area (Å²) in [5.74, 6) is -0.979. The van der Waals surface area contributed by atoms with Gasteiger partial charge in [-0.3, -0.25) is 14.5 Å². The first kappa shape index (κ1) is 16.9. The monoisotopic (exact) mass is 367 g/mol. The lowest BCUT2D eigenvalue weighted by atomic mass is 9.70. The largest absolute Gasteiger partial charge is 0.477 e. The molecule has 0 aliphatic carbocycles. The molecule has 25 heavy (non-hydrogen) atoms. The minimum Gasteiger partial charge on any atom is -0.477 e. The highest BCUT2D eigenvalue weighted by atomic mass is 32.2. The molecule has 4 fully saturated rings. The molecular formula is C16H23N4O4S+. The molecule has 0 radical (unpaired) electrons. The number of β-lactam (4-membered cyclic amide) rings is 1. The van der Waals surface area contributed by atoms with E-state index in [4.69, 9.17) is 11.5 Å². The maximum absolute atomic E-state index is 12.1. The van der Waals surface area contributed by atoms with Crippen LogP contribution in [0.5, 0.6) is 0 Å². The van der Waals surface area contributed by atoms with Crippen molar-refractivity contribution < 1.29 is 24.0 Å². The number of carbonyl (C=O) groups is 3. The number of piperidine rings is 3. The van der Waals surface area contributed by atoms with Crippen molar-refractivity contribution in [1.29, 1.82) is 0 Å². The lowest BCUT2D eigenvalue weighted by Crippen LogP contribution is -2.69. The third-order valence-corrected chi connectivity index (χ3v) is 7.89. The van der Waals surface area contributed by atoms with Crippen molar-refractivity contribution in [2.24, 2.45) is 16.9 Å². The molecule has 0 aromatic rings. The molecule has 5 aliphatic heterocycles. The number of primary amides is 1. The lowest BCUT2D eigenvalue weighted by Gasteiger charge is -2.55. The fourth-order valence-electron chi connectivity index (χ4n) is 4.78. The molecule has 2 atom stereocenters. The van der Waals surface area contributed by atoms with Gasteiger partial charge >= 0.3 is 5.97 Å². The lowest BCUT2D eigenvalue weighted by molar-refractivity contribution is -0.940. The number of aliphatic carboxylic acids is 1. The molecular weight excluding hydrogens is 344 g/mol. The Morgan fingerprint density at radius 1 is 1.28 bits per heavy atom. The van der Waals surface area contributed by atoms with E-state index in [1.807, 2.05) is 0 Å². The first-order valence-corrected chi connectivity index (χ1v) is 9.64. The van der Waals surface area contributed by atoms with Gasteiger partial charge in [0.05, 0.1) is 25.0 Å². The molecule has 5 aliphatic rings. The summed E-state index contributed by atoms with van der Waals surface area (Å²) in [4.78, 5) is 37.0. The van der Waals surface area contributed by atoms with Crippen LogP contribution in [0.25, 0.3) is 0 Å². The number of amides is 2. The van der Waals surface area contributed by atoms with Crippen molar-refractivity contribution >= 4 is 29.5 Å². The molecule has 0 unspecified atom stereocenters. The summed E-state index contributed by atoms with van der Waals surface area (Å²) in [5.41, 5.74) is 12.0. The van der Waals surface area contributed by atoms with E-state index in [9.17, 15) is 19.5 Å². The Morgan fingerprint density at radius 2 is 1.88 bits per heavy atom. The van der Waals surface area contributed by atoms with Crippen LogP contribution in [-0.2, 0) is 14.4 Å². The number of nitrogens with two attached hydrogens (primary N) is 2. The molecule has 9 heteroatoms. The van der Waals surface area contributed by atoms with E-state index in [0.29, 0.717) is 12.3 Å².